The first kappa shape index (κ1) is 17.9. The Balaban J connectivity index is 1.67. The molecular formula is C14H19N9O2S. The fraction of sp³-hybridized carbons (Fsp3) is 0.429. The number of hydrogen-bond donors (Lipinski definition) is 4. The van der Waals surface area contributed by atoms with Crippen LogP contribution in [0, 0.1) is 6.92 Å². The summed E-state index contributed by atoms with van der Waals surface area (Å²) in [6.07, 6.45) is 1.54. The van der Waals surface area contributed by atoms with Crippen molar-refractivity contribution in [2.24, 2.45) is 7.05 Å². The second-order valence-electron chi connectivity index (χ2n) is 5.67. The van der Waals surface area contributed by atoms with Gasteiger partial charge in [0.1, 0.15) is 6.04 Å². The van der Waals surface area contributed by atoms with Crippen LogP contribution in [0.3, 0.4) is 0 Å². The first-order chi connectivity index (χ1) is 12.5. The highest BCUT2D eigenvalue weighted by Crippen LogP contribution is 2.26. The van der Waals surface area contributed by atoms with E-state index in [-0.39, 0.29) is 11.9 Å². The molecule has 3 rings (SSSR count). The topological polar surface area (TPSA) is 143 Å². The van der Waals surface area contributed by atoms with Crippen LogP contribution >= 0.6 is 11.8 Å². The molecule has 0 fully saturated rings. The fourth-order valence-electron chi connectivity index (χ4n) is 2.61. The molecule has 26 heavy (non-hydrogen) atoms. The van der Waals surface area contributed by atoms with Gasteiger partial charge in [0.05, 0.1) is 17.6 Å². The molecule has 1 atom stereocenters. The summed E-state index contributed by atoms with van der Waals surface area (Å²) in [5.74, 6) is 0.345. The Bertz CT molecular complexity index is 856. The molecule has 0 aliphatic carbocycles. The van der Waals surface area contributed by atoms with Gasteiger partial charge in [-0.15, -0.1) is 5.10 Å². The van der Waals surface area contributed by atoms with Crippen molar-refractivity contribution in [3.63, 3.8) is 0 Å². The van der Waals surface area contributed by atoms with E-state index in [0.29, 0.717) is 34.4 Å². The molecule has 138 valence electrons. The number of imidazole rings is 1. The average molecular weight is 377 g/mol. The normalized spacial score (nSPS) is 17.0. The Kier molecular flexibility index (Phi) is 5.21. The van der Waals surface area contributed by atoms with Crippen LogP contribution in [0.4, 0.5) is 4.79 Å². The molecule has 1 unspecified atom stereocenters. The number of aromatic nitrogens is 6. The number of tetrazole rings is 1. The number of thioether (sulfide) groups is 1. The molecule has 0 saturated heterocycles. The van der Waals surface area contributed by atoms with E-state index in [1.807, 2.05) is 6.92 Å². The predicted molar refractivity (Wildman–Crippen MR) is 93.0 cm³/mol. The number of nitrogens with one attached hydrogen (secondary N) is 4. The number of carbonyl (C=O) groups excluding carboxylic acids is 2. The van der Waals surface area contributed by atoms with Gasteiger partial charge >= 0.3 is 6.03 Å². The third kappa shape index (κ3) is 3.69. The maximum atomic E-state index is 12.7. The smallest absolute Gasteiger partial charge is 0.319 e. The molecule has 0 aromatic carbocycles. The molecular weight excluding hydrogens is 358 g/mol. The summed E-state index contributed by atoms with van der Waals surface area (Å²) in [5, 5.41) is 20.1. The van der Waals surface area contributed by atoms with Crippen LogP contribution in [-0.4, -0.2) is 54.4 Å². The Morgan fingerprint density at radius 1 is 1.42 bits per heavy atom. The molecule has 1 aliphatic heterocycles. The number of H-pyrrole nitrogens is 1. The highest BCUT2D eigenvalue weighted by Gasteiger charge is 2.33. The zero-order chi connectivity index (χ0) is 18.7. The van der Waals surface area contributed by atoms with Crippen LogP contribution in [0.2, 0.25) is 0 Å². The minimum absolute atomic E-state index is 0.265. The number of rotatable bonds is 6. The molecule has 12 heteroatoms. The minimum Gasteiger partial charge on any atom is -0.351 e. The van der Waals surface area contributed by atoms with Gasteiger partial charge in [-0.25, -0.2) is 14.5 Å². The van der Waals surface area contributed by atoms with E-state index in [1.165, 1.54) is 18.1 Å². The maximum absolute atomic E-state index is 12.7. The standard InChI is InChI=1S/C14H19N9O2S/c1-7-9(11(19-13(25)18-7)10-8(2)16-6-17-10)12(24)15-4-5-26-14-20-21-22-23(14)3/h6,11H,4-5H2,1-3H3,(H,15,24)(H,16,17)(H2,18,19,25). The van der Waals surface area contributed by atoms with Gasteiger partial charge < -0.3 is 20.9 Å². The van der Waals surface area contributed by atoms with Gasteiger partial charge in [-0.1, -0.05) is 11.8 Å². The van der Waals surface area contributed by atoms with Crippen molar-refractivity contribution in [2.45, 2.75) is 25.0 Å². The molecule has 1 aliphatic rings. The van der Waals surface area contributed by atoms with Crippen molar-refractivity contribution in [3.05, 3.63) is 29.0 Å². The zero-order valence-electron chi connectivity index (χ0n) is 14.5. The summed E-state index contributed by atoms with van der Waals surface area (Å²) in [4.78, 5) is 31.7. The number of allylic oxidation sites excluding steroid dienone is 1. The molecule has 0 bridgehead atoms. The quantitative estimate of drug-likeness (QED) is 0.402. The van der Waals surface area contributed by atoms with Gasteiger partial charge in [0.15, 0.2) is 0 Å². The Labute approximate surface area is 153 Å². The Morgan fingerprint density at radius 2 is 2.23 bits per heavy atom. The van der Waals surface area contributed by atoms with Crippen molar-refractivity contribution in [1.82, 2.24) is 46.1 Å². The van der Waals surface area contributed by atoms with Crippen LogP contribution in [0.5, 0.6) is 0 Å². The highest BCUT2D eigenvalue weighted by molar-refractivity contribution is 7.99. The predicted octanol–water partition coefficient (Wildman–Crippen LogP) is -0.222. The second kappa shape index (κ2) is 7.56. The summed E-state index contributed by atoms with van der Waals surface area (Å²) in [5.41, 5.74) is 2.35. The summed E-state index contributed by atoms with van der Waals surface area (Å²) in [6.45, 7) is 3.96. The fourth-order valence-corrected chi connectivity index (χ4v) is 3.31. The van der Waals surface area contributed by atoms with E-state index in [0.717, 1.165) is 5.69 Å². The number of carbonyl (C=O) groups is 2. The zero-order valence-corrected chi connectivity index (χ0v) is 15.3. The molecule has 11 nitrogen and oxygen atoms in total. The first-order valence-electron chi connectivity index (χ1n) is 7.89. The molecule has 3 amide bonds. The van der Waals surface area contributed by atoms with E-state index in [2.05, 4.69) is 41.4 Å². The van der Waals surface area contributed by atoms with Crippen molar-refractivity contribution in [1.29, 1.82) is 0 Å². The lowest BCUT2D eigenvalue weighted by molar-refractivity contribution is -0.117. The number of urea groups is 1. The largest absolute Gasteiger partial charge is 0.351 e. The molecule has 3 heterocycles. The van der Waals surface area contributed by atoms with Crippen LogP contribution in [0.25, 0.3) is 0 Å². The summed E-state index contributed by atoms with van der Waals surface area (Å²) < 4.78 is 1.57. The molecule has 0 radical (unpaired) electrons. The summed E-state index contributed by atoms with van der Waals surface area (Å²) in [7, 11) is 1.75. The van der Waals surface area contributed by atoms with Crippen molar-refractivity contribution in [3.8, 4) is 0 Å². The molecule has 0 saturated carbocycles. The minimum atomic E-state index is -0.606. The van der Waals surface area contributed by atoms with Crippen LogP contribution in [0.15, 0.2) is 22.8 Å². The second-order valence-corrected chi connectivity index (χ2v) is 6.73. The average Bonchev–Trinajstić information content (AvgIpc) is 3.19. The lowest BCUT2D eigenvalue weighted by atomic mass is 9.98. The molecule has 2 aromatic rings. The number of aryl methyl sites for hydroxylation is 2. The SMILES string of the molecule is CC1=C(C(=O)NCCSc2nnnn2C)C(c2nc[nH]c2C)NC(=O)N1. The Hall–Kier alpha value is -2.89. The van der Waals surface area contributed by atoms with Crippen LogP contribution in [-0.2, 0) is 11.8 Å². The Morgan fingerprint density at radius 3 is 2.88 bits per heavy atom. The number of aromatic amines is 1. The first-order valence-corrected chi connectivity index (χ1v) is 8.87. The molecule has 2 aromatic heterocycles. The van der Waals surface area contributed by atoms with Crippen molar-refractivity contribution < 1.29 is 9.59 Å². The van der Waals surface area contributed by atoms with E-state index < -0.39 is 6.04 Å². The van der Waals surface area contributed by atoms with Gasteiger partial charge in [-0.3, -0.25) is 4.79 Å². The third-order valence-electron chi connectivity index (χ3n) is 3.86. The monoisotopic (exact) mass is 377 g/mol. The number of hydrogen-bond acceptors (Lipinski definition) is 7. The summed E-state index contributed by atoms with van der Waals surface area (Å²) in [6, 6.07) is -0.970. The van der Waals surface area contributed by atoms with Crippen molar-refractivity contribution in [2.75, 3.05) is 12.3 Å². The lowest BCUT2D eigenvalue weighted by Crippen LogP contribution is -2.47. The van der Waals surface area contributed by atoms with E-state index in [9.17, 15) is 9.59 Å². The van der Waals surface area contributed by atoms with Gasteiger partial charge in [-0.05, 0) is 24.3 Å². The highest BCUT2D eigenvalue weighted by atomic mass is 32.2. The van der Waals surface area contributed by atoms with E-state index in [1.54, 1.807) is 18.7 Å². The number of nitrogens with zero attached hydrogens (tertiary/aromatic N) is 5. The van der Waals surface area contributed by atoms with Crippen LogP contribution < -0.4 is 16.0 Å². The summed E-state index contributed by atoms with van der Waals surface area (Å²) >= 11 is 1.44. The third-order valence-corrected chi connectivity index (χ3v) is 4.87. The molecule has 0 spiro atoms. The van der Waals surface area contributed by atoms with Crippen molar-refractivity contribution >= 4 is 23.7 Å². The maximum Gasteiger partial charge on any atom is 0.319 e. The van der Waals surface area contributed by atoms with Gasteiger partial charge in [-0.2, -0.15) is 0 Å². The van der Waals surface area contributed by atoms with Crippen LogP contribution in [0.1, 0.15) is 24.4 Å². The molecule has 4 N–H and O–H groups in total. The van der Waals surface area contributed by atoms with Gasteiger partial charge in [0.2, 0.25) is 5.16 Å². The lowest BCUT2D eigenvalue weighted by Gasteiger charge is -2.27. The number of amides is 3. The van der Waals surface area contributed by atoms with Gasteiger partial charge in [0, 0.05) is 30.7 Å². The van der Waals surface area contributed by atoms with E-state index >= 15 is 0 Å². The van der Waals surface area contributed by atoms with Gasteiger partial charge in [0.25, 0.3) is 5.91 Å². The van der Waals surface area contributed by atoms with E-state index in [4.69, 9.17) is 0 Å².